The second-order valence-electron chi connectivity index (χ2n) is 8.70. The lowest BCUT2D eigenvalue weighted by Gasteiger charge is -2.27. The van der Waals surface area contributed by atoms with E-state index in [1.807, 2.05) is 19.1 Å². The first-order valence-electron chi connectivity index (χ1n) is 11.4. The molecule has 5 nitrogen and oxygen atoms in total. The van der Waals surface area contributed by atoms with Crippen LogP contribution < -0.4 is 0 Å². The SMILES string of the molecule is C=CCC(OC)/C(C)=C/CC/C(C)=C/CC(CC/C=C(\C)C(C)C)(C(=O)OC)C(=O)OC. The van der Waals surface area contributed by atoms with Gasteiger partial charge in [-0.15, -0.1) is 6.58 Å². The molecule has 0 aromatic carbocycles. The Hall–Kier alpha value is -2.14. The third-order valence-corrected chi connectivity index (χ3v) is 6.08. The van der Waals surface area contributed by atoms with Crippen LogP contribution in [0.2, 0.25) is 0 Å². The van der Waals surface area contributed by atoms with Crippen molar-refractivity contribution in [3.8, 4) is 0 Å². The maximum absolute atomic E-state index is 12.7. The average Bonchev–Trinajstić information content (AvgIpc) is 2.78. The standard InChI is InChI=1S/C27H44O5/c1-10-13-24(30-7)23(6)15-11-14-21(4)17-19-27(25(28)31-8,26(29)32-9)18-12-16-22(5)20(2)3/h10,15-17,20,24H,1,11-14,18-19H2,2-9H3/b21-17+,22-16+,23-15+. The maximum Gasteiger partial charge on any atom is 0.323 e. The van der Waals surface area contributed by atoms with Crippen LogP contribution in [-0.2, 0) is 23.8 Å². The lowest BCUT2D eigenvalue weighted by atomic mass is 9.78. The summed E-state index contributed by atoms with van der Waals surface area (Å²) < 4.78 is 15.5. The quantitative estimate of drug-likeness (QED) is 0.166. The van der Waals surface area contributed by atoms with Gasteiger partial charge in [0, 0.05) is 7.11 Å². The number of allylic oxidation sites excluding steroid dienone is 5. The van der Waals surface area contributed by atoms with Crippen molar-refractivity contribution >= 4 is 11.9 Å². The molecule has 0 rings (SSSR count). The van der Waals surface area contributed by atoms with Crippen molar-refractivity contribution in [1.29, 1.82) is 0 Å². The Morgan fingerprint density at radius 3 is 1.94 bits per heavy atom. The summed E-state index contributed by atoms with van der Waals surface area (Å²) in [6.45, 7) is 14.1. The van der Waals surface area contributed by atoms with Crippen molar-refractivity contribution in [3.05, 3.63) is 47.6 Å². The highest BCUT2D eigenvalue weighted by Gasteiger charge is 2.46. The molecule has 0 aliphatic carbocycles. The molecule has 1 unspecified atom stereocenters. The Bertz CT molecular complexity index is 681. The smallest absolute Gasteiger partial charge is 0.323 e. The number of carbonyl (C=O) groups excluding carboxylic acids is 2. The van der Waals surface area contributed by atoms with E-state index in [0.717, 1.165) is 24.8 Å². The normalized spacial score (nSPS) is 14.3. The Kier molecular flexibility index (Phi) is 14.6. The van der Waals surface area contributed by atoms with Gasteiger partial charge in [-0.1, -0.05) is 49.3 Å². The number of esters is 2. The molecular weight excluding hydrogens is 404 g/mol. The second-order valence-corrected chi connectivity index (χ2v) is 8.70. The zero-order valence-corrected chi connectivity index (χ0v) is 21.5. The van der Waals surface area contributed by atoms with Crippen LogP contribution in [-0.4, -0.2) is 39.4 Å². The van der Waals surface area contributed by atoms with Gasteiger partial charge >= 0.3 is 11.9 Å². The average molecular weight is 449 g/mol. The van der Waals surface area contributed by atoms with E-state index in [0.29, 0.717) is 18.8 Å². The predicted molar refractivity (Wildman–Crippen MR) is 131 cm³/mol. The first-order chi connectivity index (χ1) is 15.1. The van der Waals surface area contributed by atoms with Crippen molar-refractivity contribution < 1.29 is 23.8 Å². The molecule has 0 radical (unpaired) electrons. The van der Waals surface area contributed by atoms with E-state index in [-0.39, 0.29) is 12.5 Å². The highest BCUT2D eigenvalue weighted by atomic mass is 16.5. The molecule has 0 aromatic rings. The molecule has 0 saturated carbocycles. The minimum Gasteiger partial charge on any atom is -0.468 e. The molecule has 0 aliphatic rings. The number of carbonyl (C=O) groups is 2. The number of ether oxygens (including phenoxy) is 3. The number of rotatable bonds is 15. The molecule has 0 heterocycles. The third-order valence-electron chi connectivity index (χ3n) is 6.08. The summed E-state index contributed by atoms with van der Waals surface area (Å²) in [5, 5.41) is 0. The summed E-state index contributed by atoms with van der Waals surface area (Å²) in [7, 11) is 4.33. The van der Waals surface area contributed by atoms with Gasteiger partial charge in [0.25, 0.3) is 0 Å². The van der Waals surface area contributed by atoms with Crippen molar-refractivity contribution in [3.63, 3.8) is 0 Å². The predicted octanol–water partition coefficient (Wildman–Crippen LogP) is 6.36. The van der Waals surface area contributed by atoms with Gasteiger partial charge in [-0.05, 0) is 70.8 Å². The fourth-order valence-electron chi connectivity index (χ4n) is 3.46. The summed E-state index contributed by atoms with van der Waals surface area (Å²) >= 11 is 0. The molecule has 32 heavy (non-hydrogen) atoms. The molecule has 0 saturated heterocycles. The van der Waals surface area contributed by atoms with Crippen LogP contribution in [0, 0.1) is 11.3 Å². The minimum atomic E-state index is -1.34. The summed E-state index contributed by atoms with van der Waals surface area (Å²) in [6.07, 6.45) is 11.8. The number of hydrogen-bond donors (Lipinski definition) is 0. The van der Waals surface area contributed by atoms with Crippen LogP contribution in [0.4, 0.5) is 0 Å². The maximum atomic E-state index is 12.7. The first-order valence-corrected chi connectivity index (χ1v) is 11.4. The molecule has 0 spiro atoms. The van der Waals surface area contributed by atoms with E-state index < -0.39 is 17.4 Å². The van der Waals surface area contributed by atoms with Crippen molar-refractivity contribution in [1.82, 2.24) is 0 Å². The van der Waals surface area contributed by atoms with Gasteiger partial charge in [-0.25, -0.2) is 0 Å². The molecule has 1 atom stereocenters. The Morgan fingerprint density at radius 2 is 1.47 bits per heavy atom. The van der Waals surface area contributed by atoms with Gasteiger partial charge < -0.3 is 14.2 Å². The molecule has 5 heteroatoms. The Balaban J connectivity index is 5.47. The van der Waals surface area contributed by atoms with Gasteiger partial charge in [0.2, 0.25) is 0 Å². The molecule has 0 bridgehead atoms. The molecule has 0 aromatic heterocycles. The van der Waals surface area contributed by atoms with Crippen molar-refractivity contribution in [2.24, 2.45) is 11.3 Å². The van der Waals surface area contributed by atoms with Gasteiger partial charge in [0.05, 0.1) is 20.3 Å². The summed E-state index contributed by atoms with van der Waals surface area (Å²) in [5.41, 5.74) is 2.17. The first kappa shape index (κ1) is 29.9. The summed E-state index contributed by atoms with van der Waals surface area (Å²) in [5.74, 6) is -0.678. The van der Waals surface area contributed by atoms with E-state index in [1.54, 1.807) is 7.11 Å². The lowest BCUT2D eigenvalue weighted by Crippen LogP contribution is -2.41. The highest BCUT2D eigenvalue weighted by Crippen LogP contribution is 2.34. The minimum absolute atomic E-state index is 0.0467. The second kappa shape index (κ2) is 15.6. The fraction of sp³-hybridized carbons (Fsp3) is 0.630. The summed E-state index contributed by atoms with van der Waals surface area (Å²) in [6, 6.07) is 0. The molecule has 0 aliphatic heterocycles. The molecule has 0 amide bonds. The van der Waals surface area contributed by atoms with Crippen LogP contribution in [0.1, 0.15) is 73.1 Å². The van der Waals surface area contributed by atoms with Gasteiger partial charge in [0.15, 0.2) is 5.41 Å². The zero-order chi connectivity index (χ0) is 24.7. The van der Waals surface area contributed by atoms with E-state index in [9.17, 15) is 9.59 Å². The topological polar surface area (TPSA) is 61.8 Å². The van der Waals surface area contributed by atoms with E-state index >= 15 is 0 Å². The number of hydrogen-bond acceptors (Lipinski definition) is 5. The van der Waals surface area contributed by atoms with Crippen molar-refractivity contribution in [2.45, 2.75) is 79.2 Å². The van der Waals surface area contributed by atoms with Gasteiger partial charge in [-0.3, -0.25) is 9.59 Å². The van der Waals surface area contributed by atoms with Gasteiger partial charge in [0.1, 0.15) is 0 Å². The fourth-order valence-corrected chi connectivity index (χ4v) is 3.46. The Morgan fingerprint density at radius 1 is 0.906 bits per heavy atom. The summed E-state index contributed by atoms with van der Waals surface area (Å²) in [4.78, 5) is 25.4. The van der Waals surface area contributed by atoms with E-state index in [4.69, 9.17) is 14.2 Å². The van der Waals surface area contributed by atoms with E-state index in [2.05, 4.69) is 46.4 Å². The van der Waals surface area contributed by atoms with Gasteiger partial charge in [-0.2, -0.15) is 0 Å². The molecular formula is C27H44O5. The molecule has 0 fully saturated rings. The van der Waals surface area contributed by atoms with E-state index in [1.165, 1.54) is 25.4 Å². The Labute approximate surface area is 195 Å². The number of methoxy groups -OCH3 is 3. The zero-order valence-electron chi connectivity index (χ0n) is 21.5. The monoisotopic (exact) mass is 448 g/mol. The van der Waals surface area contributed by atoms with Crippen LogP contribution >= 0.6 is 0 Å². The highest BCUT2D eigenvalue weighted by molar-refractivity contribution is 6.00. The van der Waals surface area contributed by atoms with Crippen LogP contribution in [0.3, 0.4) is 0 Å². The lowest BCUT2D eigenvalue weighted by molar-refractivity contribution is -0.169. The van der Waals surface area contributed by atoms with Crippen LogP contribution in [0.15, 0.2) is 47.6 Å². The largest absolute Gasteiger partial charge is 0.468 e. The van der Waals surface area contributed by atoms with Crippen LogP contribution in [0.5, 0.6) is 0 Å². The van der Waals surface area contributed by atoms with Crippen molar-refractivity contribution in [2.75, 3.05) is 21.3 Å². The van der Waals surface area contributed by atoms with Crippen LogP contribution in [0.25, 0.3) is 0 Å². The molecule has 182 valence electrons. The third kappa shape index (κ3) is 9.56. The molecule has 0 N–H and O–H groups in total.